The van der Waals surface area contributed by atoms with Crippen LogP contribution in [0.25, 0.3) is 0 Å². The van der Waals surface area contributed by atoms with Gasteiger partial charge in [0.1, 0.15) is 0 Å². The van der Waals surface area contributed by atoms with E-state index in [2.05, 4.69) is 18.7 Å². The molecule has 2 aliphatic rings. The fourth-order valence-electron chi connectivity index (χ4n) is 3.19. The molecule has 0 aromatic carbocycles. The van der Waals surface area contributed by atoms with E-state index in [1.54, 1.807) is 0 Å². The molecule has 0 unspecified atom stereocenters. The van der Waals surface area contributed by atoms with Crippen LogP contribution in [0, 0.1) is 5.41 Å². The average Bonchev–Trinajstić information content (AvgIpc) is 2.20. The molecule has 1 aliphatic heterocycles. The Balaban J connectivity index is 1.79. The Morgan fingerprint density at radius 2 is 1.60 bits per heavy atom. The molecule has 0 bridgehead atoms. The largest absolute Gasteiger partial charge is 0.393 e. The zero-order valence-electron chi connectivity index (χ0n) is 10.2. The number of likely N-dealkylation sites (tertiary alicyclic amines) is 1. The van der Waals surface area contributed by atoms with Gasteiger partial charge in [0, 0.05) is 19.1 Å². The van der Waals surface area contributed by atoms with E-state index >= 15 is 0 Å². The minimum absolute atomic E-state index is 0.00960. The van der Waals surface area contributed by atoms with E-state index in [0.717, 1.165) is 18.9 Å². The summed E-state index contributed by atoms with van der Waals surface area (Å²) in [6, 6.07) is 0.777. The molecule has 1 saturated heterocycles. The van der Waals surface area contributed by atoms with Crippen LogP contribution >= 0.6 is 0 Å². The van der Waals surface area contributed by atoms with Gasteiger partial charge in [0.25, 0.3) is 0 Å². The van der Waals surface area contributed by atoms with E-state index in [9.17, 15) is 5.11 Å². The summed E-state index contributed by atoms with van der Waals surface area (Å²) in [6.07, 6.45) is 7.11. The smallest absolute Gasteiger partial charge is 0.0541 e. The third-order valence-electron chi connectivity index (χ3n) is 4.76. The molecular formula is C13H25NO. The maximum Gasteiger partial charge on any atom is 0.0541 e. The van der Waals surface area contributed by atoms with Gasteiger partial charge in [-0.05, 0) is 43.9 Å². The molecule has 2 nitrogen and oxygen atoms in total. The van der Waals surface area contributed by atoms with E-state index in [1.165, 1.54) is 38.8 Å². The molecule has 15 heavy (non-hydrogen) atoms. The Morgan fingerprint density at radius 3 is 2.07 bits per heavy atom. The summed E-state index contributed by atoms with van der Waals surface area (Å²) in [4.78, 5) is 2.65. The van der Waals surface area contributed by atoms with E-state index in [-0.39, 0.29) is 6.10 Å². The molecule has 0 aromatic heterocycles. The minimum atomic E-state index is -0.00960. The first kappa shape index (κ1) is 11.4. The first-order valence-corrected chi connectivity index (χ1v) is 6.61. The Morgan fingerprint density at radius 1 is 1.07 bits per heavy atom. The van der Waals surface area contributed by atoms with Crippen LogP contribution in [0.2, 0.25) is 0 Å². The average molecular weight is 211 g/mol. The lowest BCUT2D eigenvalue weighted by Gasteiger charge is -2.54. The number of hydrogen-bond donors (Lipinski definition) is 1. The summed E-state index contributed by atoms with van der Waals surface area (Å²) >= 11 is 0. The van der Waals surface area contributed by atoms with Crippen molar-refractivity contribution in [2.75, 3.05) is 13.1 Å². The summed E-state index contributed by atoms with van der Waals surface area (Å²) in [5.74, 6) is 0. The highest BCUT2D eigenvalue weighted by Crippen LogP contribution is 2.40. The van der Waals surface area contributed by atoms with Gasteiger partial charge >= 0.3 is 0 Å². The SMILES string of the molecule is CCC1(CC)CN(C2CCC(O)CC2)C1. The lowest BCUT2D eigenvalue weighted by molar-refractivity contribution is -0.0554. The zero-order valence-corrected chi connectivity index (χ0v) is 10.2. The van der Waals surface area contributed by atoms with Gasteiger partial charge < -0.3 is 5.11 Å². The van der Waals surface area contributed by atoms with Gasteiger partial charge in [0.05, 0.1) is 6.10 Å². The fourth-order valence-corrected chi connectivity index (χ4v) is 3.19. The van der Waals surface area contributed by atoms with Crippen molar-refractivity contribution in [2.24, 2.45) is 5.41 Å². The maximum atomic E-state index is 9.48. The number of hydrogen-bond acceptors (Lipinski definition) is 2. The molecule has 2 rings (SSSR count). The van der Waals surface area contributed by atoms with Gasteiger partial charge in [-0.1, -0.05) is 13.8 Å². The number of nitrogens with zero attached hydrogens (tertiary/aromatic N) is 1. The first-order chi connectivity index (χ1) is 7.19. The predicted molar refractivity (Wildman–Crippen MR) is 62.9 cm³/mol. The number of rotatable bonds is 3. The topological polar surface area (TPSA) is 23.5 Å². The lowest BCUT2D eigenvalue weighted by atomic mass is 9.73. The quantitative estimate of drug-likeness (QED) is 0.775. The van der Waals surface area contributed by atoms with Crippen molar-refractivity contribution in [2.45, 2.75) is 64.5 Å². The molecule has 1 N–H and O–H groups in total. The van der Waals surface area contributed by atoms with Gasteiger partial charge in [0.2, 0.25) is 0 Å². The van der Waals surface area contributed by atoms with Crippen LogP contribution in [0.4, 0.5) is 0 Å². The molecule has 2 heteroatoms. The van der Waals surface area contributed by atoms with Gasteiger partial charge in [0.15, 0.2) is 0 Å². The van der Waals surface area contributed by atoms with Crippen molar-refractivity contribution >= 4 is 0 Å². The molecule has 0 radical (unpaired) electrons. The van der Waals surface area contributed by atoms with Crippen LogP contribution < -0.4 is 0 Å². The molecule has 0 amide bonds. The van der Waals surface area contributed by atoms with E-state index < -0.39 is 0 Å². The van der Waals surface area contributed by atoms with Crippen LogP contribution in [0.15, 0.2) is 0 Å². The van der Waals surface area contributed by atoms with Crippen LogP contribution in [-0.2, 0) is 0 Å². The van der Waals surface area contributed by atoms with E-state index in [0.29, 0.717) is 5.41 Å². The van der Waals surface area contributed by atoms with Crippen molar-refractivity contribution in [1.29, 1.82) is 0 Å². The predicted octanol–water partition coefficient (Wildman–Crippen LogP) is 2.41. The van der Waals surface area contributed by atoms with Crippen LogP contribution in [0.1, 0.15) is 52.4 Å². The standard InChI is InChI=1S/C13H25NO/c1-3-13(4-2)9-14(10-13)11-5-7-12(15)8-6-11/h11-12,15H,3-10H2,1-2H3. The van der Waals surface area contributed by atoms with Crippen LogP contribution in [-0.4, -0.2) is 35.2 Å². The van der Waals surface area contributed by atoms with Crippen molar-refractivity contribution in [3.63, 3.8) is 0 Å². The Kier molecular flexibility index (Phi) is 3.36. The van der Waals surface area contributed by atoms with Crippen molar-refractivity contribution in [3.05, 3.63) is 0 Å². The molecule has 1 aliphatic carbocycles. The normalized spacial score (nSPS) is 36.2. The van der Waals surface area contributed by atoms with Crippen LogP contribution in [0.5, 0.6) is 0 Å². The molecule has 1 heterocycles. The van der Waals surface area contributed by atoms with E-state index in [4.69, 9.17) is 0 Å². The highest BCUT2D eigenvalue weighted by atomic mass is 16.3. The number of aliphatic hydroxyl groups excluding tert-OH is 1. The molecular weight excluding hydrogens is 186 g/mol. The van der Waals surface area contributed by atoms with Gasteiger partial charge in [-0.3, -0.25) is 4.90 Å². The molecule has 1 saturated carbocycles. The second kappa shape index (κ2) is 4.42. The third-order valence-corrected chi connectivity index (χ3v) is 4.76. The van der Waals surface area contributed by atoms with Crippen molar-refractivity contribution in [1.82, 2.24) is 4.90 Å². The third kappa shape index (κ3) is 2.21. The summed E-state index contributed by atoms with van der Waals surface area (Å²) in [5, 5.41) is 9.48. The Hall–Kier alpha value is -0.0800. The summed E-state index contributed by atoms with van der Waals surface area (Å²) in [6.45, 7) is 7.26. The van der Waals surface area contributed by atoms with Gasteiger partial charge in [-0.2, -0.15) is 0 Å². The molecule has 2 fully saturated rings. The summed E-state index contributed by atoms with van der Waals surface area (Å²) in [7, 11) is 0. The minimum Gasteiger partial charge on any atom is -0.393 e. The summed E-state index contributed by atoms with van der Waals surface area (Å²) in [5.41, 5.74) is 0.635. The highest BCUT2D eigenvalue weighted by molar-refractivity contribution is 4.96. The number of aliphatic hydroxyl groups is 1. The fraction of sp³-hybridized carbons (Fsp3) is 1.00. The maximum absolute atomic E-state index is 9.48. The van der Waals surface area contributed by atoms with Gasteiger partial charge in [-0.15, -0.1) is 0 Å². The lowest BCUT2D eigenvalue weighted by Crippen LogP contribution is -2.60. The van der Waals surface area contributed by atoms with Gasteiger partial charge in [-0.25, -0.2) is 0 Å². The highest BCUT2D eigenvalue weighted by Gasteiger charge is 2.43. The molecule has 0 aromatic rings. The molecule has 88 valence electrons. The van der Waals surface area contributed by atoms with E-state index in [1.807, 2.05) is 0 Å². The molecule has 0 atom stereocenters. The van der Waals surface area contributed by atoms with Crippen molar-refractivity contribution < 1.29 is 5.11 Å². The monoisotopic (exact) mass is 211 g/mol. The second-order valence-electron chi connectivity index (χ2n) is 5.57. The zero-order chi connectivity index (χ0) is 10.9. The van der Waals surface area contributed by atoms with Crippen LogP contribution in [0.3, 0.4) is 0 Å². The first-order valence-electron chi connectivity index (χ1n) is 6.61. The summed E-state index contributed by atoms with van der Waals surface area (Å²) < 4.78 is 0. The Bertz CT molecular complexity index is 197. The Labute approximate surface area is 93.7 Å². The van der Waals surface area contributed by atoms with Crippen molar-refractivity contribution in [3.8, 4) is 0 Å². The second-order valence-corrected chi connectivity index (χ2v) is 5.57. The molecule has 0 spiro atoms.